The molecule has 110 valence electrons. The van der Waals surface area contributed by atoms with Crippen molar-refractivity contribution in [2.24, 2.45) is 10.9 Å². The molecular weight excluding hydrogens is 268 g/mol. The number of ether oxygens (including phenoxy) is 1. The Morgan fingerprint density at radius 3 is 2.67 bits per heavy atom. The number of nitrogens with two attached hydrogens (primary N) is 1. The number of hydrogen-bond acceptors (Lipinski definition) is 5. The first-order valence-corrected chi connectivity index (χ1v) is 6.42. The molecule has 0 saturated heterocycles. The lowest BCUT2D eigenvalue weighted by Crippen LogP contribution is -2.23. The molecule has 3 N–H and O–H groups in total. The van der Waals surface area contributed by atoms with Crippen LogP contribution in [-0.4, -0.2) is 30.2 Å². The van der Waals surface area contributed by atoms with E-state index in [0.29, 0.717) is 17.9 Å². The lowest BCUT2D eigenvalue weighted by molar-refractivity contribution is 0.318. The van der Waals surface area contributed by atoms with Crippen molar-refractivity contribution >= 4 is 11.7 Å². The minimum Gasteiger partial charge on any atom is -0.497 e. The van der Waals surface area contributed by atoms with Crippen LogP contribution in [0.2, 0.25) is 0 Å². The molecule has 0 saturated carbocycles. The molecule has 0 aliphatic rings. The van der Waals surface area contributed by atoms with Crippen LogP contribution in [0.25, 0.3) is 0 Å². The summed E-state index contributed by atoms with van der Waals surface area (Å²) in [7, 11) is 3.54. The molecule has 0 atom stereocenters. The number of oxime groups is 1. The number of benzene rings is 1. The van der Waals surface area contributed by atoms with Gasteiger partial charge in [0.25, 0.3) is 0 Å². The number of hydrogen-bond donors (Lipinski definition) is 2. The van der Waals surface area contributed by atoms with Crippen molar-refractivity contribution in [3.8, 4) is 5.75 Å². The highest BCUT2D eigenvalue weighted by Crippen LogP contribution is 2.19. The number of anilines is 1. The third-order valence-corrected chi connectivity index (χ3v) is 3.11. The topological polar surface area (TPSA) is 84.0 Å². The molecule has 2 rings (SSSR count). The summed E-state index contributed by atoms with van der Waals surface area (Å²) in [5.41, 5.74) is 7.38. The fourth-order valence-electron chi connectivity index (χ4n) is 2.03. The van der Waals surface area contributed by atoms with Gasteiger partial charge in [-0.15, -0.1) is 0 Å². The van der Waals surface area contributed by atoms with Crippen molar-refractivity contribution in [3.05, 3.63) is 53.7 Å². The lowest BCUT2D eigenvalue weighted by atomic mass is 10.2. The number of nitrogens with zero attached hydrogens (tertiary/aromatic N) is 3. The van der Waals surface area contributed by atoms with Crippen LogP contribution >= 0.6 is 0 Å². The van der Waals surface area contributed by atoms with Crippen molar-refractivity contribution in [2.75, 3.05) is 19.1 Å². The normalized spacial score (nSPS) is 11.2. The van der Waals surface area contributed by atoms with E-state index in [9.17, 15) is 0 Å². The van der Waals surface area contributed by atoms with E-state index in [2.05, 4.69) is 10.1 Å². The van der Waals surface area contributed by atoms with E-state index in [-0.39, 0.29) is 5.84 Å². The maximum Gasteiger partial charge on any atom is 0.173 e. The summed E-state index contributed by atoms with van der Waals surface area (Å²) in [6, 6.07) is 11.3. The van der Waals surface area contributed by atoms with E-state index in [4.69, 9.17) is 15.7 Å². The molecule has 0 fully saturated rings. The second-order valence-electron chi connectivity index (χ2n) is 4.56. The smallest absolute Gasteiger partial charge is 0.173 e. The zero-order valence-electron chi connectivity index (χ0n) is 12.0. The lowest BCUT2D eigenvalue weighted by Gasteiger charge is -2.20. The molecule has 0 aliphatic carbocycles. The number of methoxy groups -OCH3 is 1. The van der Waals surface area contributed by atoms with Gasteiger partial charge < -0.3 is 20.6 Å². The largest absolute Gasteiger partial charge is 0.497 e. The minimum absolute atomic E-state index is 0.0414. The molecule has 0 unspecified atom stereocenters. The van der Waals surface area contributed by atoms with Crippen molar-refractivity contribution in [1.29, 1.82) is 0 Å². The summed E-state index contributed by atoms with van der Waals surface area (Å²) in [6.45, 7) is 0.646. The molecule has 2 aromatic rings. The molecule has 6 heteroatoms. The molecular formula is C15H18N4O2. The second kappa shape index (κ2) is 6.60. The molecule has 1 heterocycles. The SMILES string of the molecule is COc1ccc(CN(C)c2ncccc2/C(N)=N/O)cc1. The van der Waals surface area contributed by atoms with Gasteiger partial charge in [-0.2, -0.15) is 0 Å². The first-order valence-electron chi connectivity index (χ1n) is 6.42. The van der Waals surface area contributed by atoms with Gasteiger partial charge in [0.15, 0.2) is 5.84 Å². The quantitative estimate of drug-likeness (QED) is 0.379. The highest BCUT2D eigenvalue weighted by Gasteiger charge is 2.12. The van der Waals surface area contributed by atoms with Crippen LogP contribution in [0.5, 0.6) is 5.75 Å². The van der Waals surface area contributed by atoms with Crippen LogP contribution in [0.1, 0.15) is 11.1 Å². The molecule has 0 aliphatic heterocycles. The Morgan fingerprint density at radius 2 is 2.05 bits per heavy atom. The number of amidine groups is 1. The summed E-state index contributed by atoms with van der Waals surface area (Å²) >= 11 is 0. The summed E-state index contributed by atoms with van der Waals surface area (Å²) in [6.07, 6.45) is 1.67. The van der Waals surface area contributed by atoms with Crippen LogP contribution in [0.15, 0.2) is 47.8 Å². The van der Waals surface area contributed by atoms with Crippen LogP contribution in [0.4, 0.5) is 5.82 Å². The Labute approximate surface area is 123 Å². The van der Waals surface area contributed by atoms with E-state index in [1.54, 1.807) is 25.4 Å². The van der Waals surface area contributed by atoms with Crippen molar-refractivity contribution < 1.29 is 9.94 Å². The highest BCUT2D eigenvalue weighted by atomic mass is 16.5. The Bertz CT molecular complexity index is 626. The molecule has 1 aromatic heterocycles. The van der Waals surface area contributed by atoms with Crippen LogP contribution in [-0.2, 0) is 6.54 Å². The predicted molar refractivity (Wildman–Crippen MR) is 81.8 cm³/mol. The van der Waals surface area contributed by atoms with Crippen molar-refractivity contribution in [2.45, 2.75) is 6.54 Å². The second-order valence-corrected chi connectivity index (χ2v) is 4.56. The van der Waals surface area contributed by atoms with E-state index in [1.807, 2.05) is 36.2 Å². The minimum atomic E-state index is 0.0414. The molecule has 6 nitrogen and oxygen atoms in total. The zero-order chi connectivity index (χ0) is 15.2. The maximum absolute atomic E-state index is 8.84. The molecule has 21 heavy (non-hydrogen) atoms. The van der Waals surface area contributed by atoms with Gasteiger partial charge in [-0.1, -0.05) is 17.3 Å². The third kappa shape index (κ3) is 3.42. The maximum atomic E-state index is 8.84. The summed E-state index contributed by atoms with van der Waals surface area (Å²) in [5.74, 6) is 1.51. The fourth-order valence-corrected chi connectivity index (χ4v) is 2.03. The number of rotatable bonds is 5. The predicted octanol–water partition coefficient (Wildman–Crippen LogP) is 1.82. The number of pyridine rings is 1. The first-order chi connectivity index (χ1) is 10.2. The van der Waals surface area contributed by atoms with E-state index in [1.165, 1.54) is 0 Å². The van der Waals surface area contributed by atoms with Gasteiger partial charge in [0.2, 0.25) is 0 Å². The average Bonchev–Trinajstić information content (AvgIpc) is 2.54. The molecule has 0 bridgehead atoms. The van der Waals surface area contributed by atoms with Gasteiger partial charge in [-0.3, -0.25) is 0 Å². The Hall–Kier alpha value is -2.76. The van der Waals surface area contributed by atoms with Crippen LogP contribution in [0, 0.1) is 0 Å². The standard InChI is InChI=1S/C15H18N4O2/c1-19(10-11-5-7-12(21-2)8-6-11)15-13(14(16)18-20)4-3-9-17-15/h3-9,20H,10H2,1-2H3,(H2,16,18). The van der Waals surface area contributed by atoms with Gasteiger partial charge in [-0.25, -0.2) is 4.98 Å². The molecule has 0 amide bonds. The number of aromatic nitrogens is 1. The van der Waals surface area contributed by atoms with Gasteiger partial charge in [0.05, 0.1) is 12.7 Å². The summed E-state index contributed by atoms with van der Waals surface area (Å²) in [4.78, 5) is 6.25. The zero-order valence-corrected chi connectivity index (χ0v) is 12.0. The van der Waals surface area contributed by atoms with Crippen LogP contribution < -0.4 is 15.4 Å². The molecule has 1 aromatic carbocycles. The summed E-state index contributed by atoms with van der Waals surface area (Å²) < 4.78 is 5.14. The van der Waals surface area contributed by atoms with E-state index < -0.39 is 0 Å². The third-order valence-electron chi connectivity index (χ3n) is 3.11. The van der Waals surface area contributed by atoms with Gasteiger partial charge in [0, 0.05) is 19.8 Å². The van der Waals surface area contributed by atoms with Crippen molar-refractivity contribution in [1.82, 2.24) is 4.98 Å². The Balaban J connectivity index is 2.21. The van der Waals surface area contributed by atoms with Crippen LogP contribution in [0.3, 0.4) is 0 Å². The molecule has 0 radical (unpaired) electrons. The van der Waals surface area contributed by atoms with Gasteiger partial charge in [0.1, 0.15) is 11.6 Å². The van der Waals surface area contributed by atoms with E-state index in [0.717, 1.165) is 11.3 Å². The first kappa shape index (κ1) is 14.6. The fraction of sp³-hybridized carbons (Fsp3) is 0.200. The van der Waals surface area contributed by atoms with Gasteiger partial charge in [-0.05, 0) is 29.8 Å². The van der Waals surface area contributed by atoms with Gasteiger partial charge >= 0.3 is 0 Å². The highest BCUT2D eigenvalue weighted by molar-refractivity contribution is 6.01. The Kier molecular flexibility index (Phi) is 4.61. The molecule has 0 spiro atoms. The van der Waals surface area contributed by atoms with Crippen molar-refractivity contribution in [3.63, 3.8) is 0 Å². The monoisotopic (exact) mass is 286 g/mol. The Morgan fingerprint density at radius 1 is 1.33 bits per heavy atom. The van der Waals surface area contributed by atoms with E-state index >= 15 is 0 Å². The summed E-state index contributed by atoms with van der Waals surface area (Å²) in [5, 5.41) is 11.9. The average molecular weight is 286 g/mol.